The highest BCUT2D eigenvalue weighted by Crippen LogP contribution is 2.24. The van der Waals surface area contributed by atoms with Crippen LogP contribution in [-0.4, -0.2) is 47.5 Å². The molecule has 0 radical (unpaired) electrons. The number of likely N-dealkylation sites (N-methyl/N-ethyl adjacent to an activating group) is 1. The van der Waals surface area contributed by atoms with Crippen LogP contribution in [0.3, 0.4) is 0 Å². The zero-order valence-corrected chi connectivity index (χ0v) is 16.5. The van der Waals surface area contributed by atoms with Crippen molar-refractivity contribution in [3.05, 3.63) is 60.2 Å². The van der Waals surface area contributed by atoms with Crippen molar-refractivity contribution in [2.45, 2.75) is 42.7 Å². The van der Waals surface area contributed by atoms with E-state index in [1.165, 1.54) is 4.90 Å². The van der Waals surface area contributed by atoms with E-state index in [9.17, 15) is 9.90 Å². The van der Waals surface area contributed by atoms with Crippen LogP contribution in [0.2, 0.25) is 0 Å². The van der Waals surface area contributed by atoms with Crippen LogP contribution in [-0.2, 0) is 0 Å². The van der Waals surface area contributed by atoms with Crippen LogP contribution in [0.15, 0.2) is 59.5 Å². The minimum Gasteiger partial charge on any atom is -0.493 e. The first-order chi connectivity index (χ1) is 13.1. The van der Waals surface area contributed by atoms with Crippen LogP contribution in [0, 0.1) is 0 Å². The fourth-order valence-electron chi connectivity index (χ4n) is 3.43. The van der Waals surface area contributed by atoms with Crippen LogP contribution in [0.1, 0.15) is 36.0 Å². The van der Waals surface area contributed by atoms with Gasteiger partial charge in [-0.1, -0.05) is 31.0 Å². The van der Waals surface area contributed by atoms with Gasteiger partial charge in [0.05, 0.1) is 18.8 Å². The van der Waals surface area contributed by atoms with Crippen molar-refractivity contribution in [1.29, 1.82) is 0 Å². The van der Waals surface area contributed by atoms with Gasteiger partial charge in [0.25, 0.3) is 5.91 Å². The molecule has 4 nitrogen and oxygen atoms in total. The fourth-order valence-corrected chi connectivity index (χ4v) is 4.18. The van der Waals surface area contributed by atoms with E-state index in [2.05, 4.69) is 12.1 Å². The molecule has 5 heteroatoms. The number of ether oxygens (including phenoxy) is 1. The first kappa shape index (κ1) is 19.8. The molecule has 0 spiro atoms. The molecule has 2 atom stereocenters. The van der Waals surface area contributed by atoms with Crippen LogP contribution in [0.25, 0.3) is 0 Å². The number of nitrogens with zero attached hydrogens (tertiary/aromatic N) is 1. The maximum Gasteiger partial charge on any atom is 0.253 e. The van der Waals surface area contributed by atoms with Gasteiger partial charge in [-0.2, -0.15) is 0 Å². The third-order valence-electron chi connectivity index (χ3n) is 4.98. The molecule has 144 valence electrons. The van der Waals surface area contributed by atoms with Gasteiger partial charge in [-0.25, -0.2) is 0 Å². The lowest BCUT2D eigenvalue weighted by Crippen LogP contribution is -2.46. The second-order valence-corrected chi connectivity index (χ2v) is 8.04. The normalized spacial score (nSPS) is 19.5. The standard InChI is InChI=1S/C22H27NO3S/c1-23(20-9-5-6-10-21(20)24)22(25)17-11-13-18(14-12-17)26-15-16-27-19-7-3-2-4-8-19/h2-4,7-8,11-14,20-21,24H,5-6,9-10,15-16H2,1H3/t20-,21-/m0/s1. The van der Waals surface area contributed by atoms with Crippen molar-refractivity contribution in [2.24, 2.45) is 0 Å². The van der Waals surface area contributed by atoms with Crippen molar-refractivity contribution in [3.63, 3.8) is 0 Å². The molecule has 1 saturated carbocycles. The molecule has 1 N–H and O–H groups in total. The molecule has 3 rings (SSSR count). The number of hydrogen-bond acceptors (Lipinski definition) is 4. The zero-order valence-electron chi connectivity index (χ0n) is 15.7. The van der Waals surface area contributed by atoms with Crippen molar-refractivity contribution >= 4 is 17.7 Å². The van der Waals surface area contributed by atoms with Gasteiger partial charge in [-0.05, 0) is 49.2 Å². The van der Waals surface area contributed by atoms with Gasteiger partial charge in [-0.3, -0.25) is 4.79 Å². The Bertz CT molecular complexity index is 720. The molecule has 2 aromatic carbocycles. The van der Waals surface area contributed by atoms with Gasteiger partial charge < -0.3 is 14.7 Å². The SMILES string of the molecule is CN(C(=O)c1ccc(OCCSc2ccccc2)cc1)[C@H]1CCCC[C@@H]1O. The quantitative estimate of drug-likeness (QED) is 0.572. The molecule has 1 aliphatic rings. The number of amides is 1. The average molecular weight is 386 g/mol. The molecule has 27 heavy (non-hydrogen) atoms. The highest BCUT2D eigenvalue weighted by Gasteiger charge is 2.29. The molecule has 2 aromatic rings. The van der Waals surface area contributed by atoms with Gasteiger partial charge >= 0.3 is 0 Å². The fraction of sp³-hybridized carbons (Fsp3) is 0.409. The largest absolute Gasteiger partial charge is 0.493 e. The van der Waals surface area contributed by atoms with E-state index in [1.807, 2.05) is 30.3 Å². The summed E-state index contributed by atoms with van der Waals surface area (Å²) < 4.78 is 5.77. The Labute approximate surface area is 165 Å². The predicted molar refractivity (Wildman–Crippen MR) is 109 cm³/mol. The Hall–Kier alpha value is -1.98. The minimum atomic E-state index is -0.419. The summed E-state index contributed by atoms with van der Waals surface area (Å²) in [6.45, 7) is 0.612. The number of hydrogen-bond donors (Lipinski definition) is 1. The summed E-state index contributed by atoms with van der Waals surface area (Å²) in [5, 5.41) is 10.2. The smallest absolute Gasteiger partial charge is 0.253 e. The van der Waals surface area contributed by atoms with Crippen LogP contribution >= 0.6 is 11.8 Å². The molecule has 1 fully saturated rings. The average Bonchev–Trinajstić information content (AvgIpc) is 2.72. The molecule has 0 bridgehead atoms. The summed E-state index contributed by atoms with van der Waals surface area (Å²) in [6.07, 6.45) is 3.32. The monoisotopic (exact) mass is 385 g/mol. The topological polar surface area (TPSA) is 49.8 Å². The maximum absolute atomic E-state index is 12.7. The Morgan fingerprint density at radius 2 is 1.81 bits per heavy atom. The molecular weight excluding hydrogens is 358 g/mol. The zero-order chi connectivity index (χ0) is 19.1. The van der Waals surface area contributed by atoms with E-state index in [1.54, 1.807) is 35.8 Å². The number of rotatable bonds is 7. The highest BCUT2D eigenvalue weighted by molar-refractivity contribution is 7.99. The van der Waals surface area contributed by atoms with Crippen molar-refractivity contribution in [3.8, 4) is 5.75 Å². The summed E-state index contributed by atoms with van der Waals surface area (Å²) in [7, 11) is 1.78. The summed E-state index contributed by atoms with van der Waals surface area (Å²) in [4.78, 5) is 15.6. The number of carbonyl (C=O) groups is 1. The molecule has 0 unspecified atom stereocenters. The molecule has 0 aromatic heterocycles. The number of aliphatic hydroxyl groups excluding tert-OH is 1. The van der Waals surface area contributed by atoms with E-state index < -0.39 is 6.10 Å². The first-order valence-electron chi connectivity index (χ1n) is 9.51. The number of aliphatic hydroxyl groups is 1. The second kappa shape index (κ2) is 9.81. The summed E-state index contributed by atoms with van der Waals surface area (Å²) in [5.41, 5.74) is 0.626. The van der Waals surface area contributed by atoms with E-state index in [-0.39, 0.29) is 11.9 Å². The van der Waals surface area contributed by atoms with E-state index in [4.69, 9.17) is 4.74 Å². The lowest BCUT2D eigenvalue weighted by atomic mass is 9.91. The van der Waals surface area contributed by atoms with E-state index >= 15 is 0 Å². The van der Waals surface area contributed by atoms with Gasteiger partial charge in [-0.15, -0.1) is 11.8 Å². The minimum absolute atomic E-state index is 0.0490. The molecule has 1 amide bonds. The summed E-state index contributed by atoms with van der Waals surface area (Å²) in [6, 6.07) is 17.4. The van der Waals surface area contributed by atoms with Crippen molar-refractivity contribution < 1.29 is 14.6 Å². The first-order valence-corrected chi connectivity index (χ1v) is 10.5. The Kier molecular flexibility index (Phi) is 7.18. The molecular formula is C22H27NO3S. The van der Waals surface area contributed by atoms with Gasteiger partial charge in [0.2, 0.25) is 0 Å². The lowest BCUT2D eigenvalue weighted by Gasteiger charge is -2.35. The van der Waals surface area contributed by atoms with Gasteiger partial charge in [0.1, 0.15) is 5.75 Å². The van der Waals surface area contributed by atoms with Crippen LogP contribution < -0.4 is 4.74 Å². The molecule has 0 heterocycles. The predicted octanol–water partition coefficient (Wildman–Crippen LogP) is 4.23. The molecule has 0 saturated heterocycles. The Balaban J connectivity index is 1.48. The lowest BCUT2D eigenvalue weighted by molar-refractivity contribution is 0.0268. The summed E-state index contributed by atoms with van der Waals surface area (Å²) >= 11 is 1.76. The van der Waals surface area contributed by atoms with Gasteiger partial charge in [0, 0.05) is 23.3 Å². The summed E-state index contributed by atoms with van der Waals surface area (Å²) in [5.74, 6) is 1.58. The second-order valence-electron chi connectivity index (χ2n) is 6.87. The Morgan fingerprint density at radius 1 is 1.11 bits per heavy atom. The highest BCUT2D eigenvalue weighted by atomic mass is 32.2. The number of carbonyl (C=O) groups excluding carboxylic acids is 1. The van der Waals surface area contributed by atoms with E-state index in [0.29, 0.717) is 12.2 Å². The van der Waals surface area contributed by atoms with E-state index in [0.717, 1.165) is 37.2 Å². The van der Waals surface area contributed by atoms with Crippen LogP contribution in [0.5, 0.6) is 5.75 Å². The third-order valence-corrected chi connectivity index (χ3v) is 5.95. The number of thioether (sulfide) groups is 1. The van der Waals surface area contributed by atoms with Gasteiger partial charge in [0.15, 0.2) is 0 Å². The number of benzene rings is 2. The Morgan fingerprint density at radius 3 is 2.52 bits per heavy atom. The van der Waals surface area contributed by atoms with Crippen LogP contribution in [0.4, 0.5) is 0 Å². The molecule has 1 aliphatic carbocycles. The van der Waals surface area contributed by atoms with Crippen molar-refractivity contribution in [2.75, 3.05) is 19.4 Å². The third kappa shape index (κ3) is 5.50. The van der Waals surface area contributed by atoms with Crippen molar-refractivity contribution in [1.82, 2.24) is 4.90 Å². The maximum atomic E-state index is 12.7. The molecule has 0 aliphatic heterocycles.